The van der Waals surface area contributed by atoms with Crippen molar-refractivity contribution in [3.63, 3.8) is 0 Å². The highest BCUT2D eigenvalue weighted by Crippen LogP contribution is 2.31. The summed E-state index contributed by atoms with van der Waals surface area (Å²) in [6.45, 7) is 2.11. The second kappa shape index (κ2) is 6.34. The molecule has 4 rings (SSSR count). The van der Waals surface area contributed by atoms with Crippen LogP contribution in [0.2, 0.25) is 0 Å². The molecule has 2 aromatic carbocycles. The van der Waals surface area contributed by atoms with Crippen LogP contribution in [0.1, 0.15) is 11.1 Å². The molecule has 0 fully saturated rings. The fraction of sp³-hybridized carbons (Fsp3) is 0.0500. The lowest BCUT2D eigenvalue weighted by molar-refractivity contribution is 1.32. The maximum Gasteiger partial charge on any atom is 0.124 e. The first-order valence-electron chi connectivity index (χ1n) is 7.70. The van der Waals surface area contributed by atoms with Gasteiger partial charge in [0.15, 0.2) is 0 Å². The third-order valence-electron chi connectivity index (χ3n) is 3.71. The van der Waals surface area contributed by atoms with Crippen LogP contribution in [-0.2, 0) is 0 Å². The minimum Gasteiger partial charge on any atom is -0.264 e. The molecule has 4 aromatic rings. The molecule has 0 bridgehead atoms. The van der Waals surface area contributed by atoms with E-state index in [4.69, 9.17) is 4.98 Å². The van der Waals surface area contributed by atoms with E-state index in [1.165, 1.54) is 10.3 Å². The molecule has 4 heteroatoms. The van der Waals surface area contributed by atoms with E-state index in [-0.39, 0.29) is 0 Å². The van der Waals surface area contributed by atoms with Gasteiger partial charge in [0, 0.05) is 29.7 Å². The average Bonchev–Trinajstić information content (AvgIpc) is 3.04. The molecule has 24 heavy (non-hydrogen) atoms. The minimum atomic E-state index is 0.916. The van der Waals surface area contributed by atoms with Crippen LogP contribution in [0.3, 0.4) is 0 Å². The number of rotatable bonds is 3. The number of hydrogen-bond donors (Lipinski definition) is 0. The molecule has 2 aromatic heterocycles. The van der Waals surface area contributed by atoms with Crippen molar-refractivity contribution in [3.8, 4) is 10.6 Å². The maximum atomic E-state index is 4.72. The predicted molar refractivity (Wildman–Crippen MR) is 101 cm³/mol. The highest BCUT2D eigenvalue weighted by atomic mass is 32.1. The molecule has 0 amide bonds. The van der Waals surface area contributed by atoms with Gasteiger partial charge in [-0.05, 0) is 55.0 Å². The molecular formula is C20H15N3S. The van der Waals surface area contributed by atoms with Crippen molar-refractivity contribution in [2.75, 3.05) is 0 Å². The van der Waals surface area contributed by atoms with Crippen molar-refractivity contribution < 1.29 is 0 Å². The molecule has 0 aliphatic rings. The summed E-state index contributed by atoms with van der Waals surface area (Å²) in [5.74, 6) is 0. The van der Waals surface area contributed by atoms with Crippen LogP contribution < -0.4 is 0 Å². The summed E-state index contributed by atoms with van der Waals surface area (Å²) in [4.78, 5) is 13.3. The van der Waals surface area contributed by atoms with Gasteiger partial charge in [-0.15, -0.1) is 11.3 Å². The summed E-state index contributed by atoms with van der Waals surface area (Å²) in [6, 6.07) is 18.4. The zero-order valence-corrected chi connectivity index (χ0v) is 14.0. The summed E-state index contributed by atoms with van der Waals surface area (Å²) < 4.78 is 1.23. The smallest absolute Gasteiger partial charge is 0.124 e. The first kappa shape index (κ1) is 14.7. The Morgan fingerprint density at radius 3 is 2.71 bits per heavy atom. The van der Waals surface area contributed by atoms with Crippen molar-refractivity contribution in [2.45, 2.75) is 6.92 Å². The van der Waals surface area contributed by atoms with Gasteiger partial charge in [-0.25, -0.2) is 4.98 Å². The quantitative estimate of drug-likeness (QED) is 0.471. The number of benzene rings is 2. The number of nitrogens with zero attached hydrogens (tertiary/aromatic N) is 3. The molecule has 116 valence electrons. The Morgan fingerprint density at radius 1 is 1.04 bits per heavy atom. The lowest BCUT2D eigenvalue weighted by atomic mass is 10.2. The van der Waals surface area contributed by atoms with E-state index in [1.54, 1.807) is 23.7 Å². The third-order valence-corrected chi connectivity index (χ3v) is 4.77. The number of thiazole rings is 1. The molecule has 0 atom stereocenters. The summed E-state index contributed by atoms with van der Waals surface area (Å²) >= 11 is 1.72. The summed E-state index contributed by atoms with van der Waals surface area (Å²) in [5.41, 5.74) is 5.34. The van der Waals surface area contributed by atoms with Gasteiger partial charge < -0.3 is 0 Å². The Morgan fingerprint density at radius 2 is 1.92 bits per heavy atom. The van der Waals surface area contributed by atoms with E-state index in [0.29, 0.717) is 0 Å². The second-order valence-corrected chi connectivity index (χ2v) is 6.61. The molecule has 0 saturated carbocycles. The van der Waals surface area contributed by atoms with E-state index >= 15 is 0 Å². The fourth-order valence-corrected chi connectivity index (χ4v) is 3.52. The normalized spacial score (nSPS) is 11.4. The summed E-state index contributed by atoms with van der Waals surface area (Å²) in [6.07, 6.45) is 5.37. The Hall–Kier alpha value is -2.85. The standard InChI is InChI=1S/C20H15N3S/c1-14-4-9-18-19(11-14)24-20(23-18)16-5-7-17(8-6-16)22-13-15-3-2-10-21-12-15/h2-13H,1H3. The van der Waals surface area contributed by atoms with Gasteiger partial charge in [-0.1, -0.05) is 12.1 Å². The van der Waals surface area contributed by atoms with Crippen LogP contribution in [0.5, 0.6) is 0 Å². The molecule has 2 heterocycles. The largest absolute Gasteiger partial charge is 0.264 e. The van der Waals surface area contributed by atoms with Crippen LogP contribution in [0.25, 0.3) is 20.8 Å². The van der Waals surface area contributed by atoms with E-state index in [2.05, 4.69) is 47.2 Å². The Bertz CT molecular complexity index is 1000. The molecule has 0 unspecified atom stereocenters. The van der Waals surface area contributed by atoms with E-state index < -0.39 is 0 Å². The second-order valence-electron chi connectivity index (χ2n) is 5.58. The third kappa shape index (κ3) is 3.09. The lowest BCUT2D eigenvalue weighted by Crippen LogP contribution is -1.81. The number of pyridine rings is 1. The van der Waals surface area contributed by atoms with Gasteiger partial charge >= 0.3 is 0 Å². The Kier molecular flexibility index (Phi) is 3.89. The van der Waals surface area contributed by atoms with Gasteiger partial charge in [-0.3, -0.25) is 9.98 Å². The Balaban J connectivity index is 1.59. The summed E-state index contributed by atoms with van der Waals surface area (Å²) in [5, 5.41) is 1.04. The zero-order chi connectivity index (χ0) is 16.4. The highest BCUT2D eigenvalue weighted by molar-refractivity contribution is 7.21. The van der Waals surface area contributed by atoms with Crippen molar-refractivity contribution in [3.05, 3.63) is 78.1 Å². The minimum absolute atomic E-state index is 0.916. The van der Waals surface area contributed by atoms with Gasteiger partial charge in [-0.2, -0.15) is 0 Å². The van der Waals surface area contributed by atoms with Gasteiger partial charge in [0.1, 0.15) is 5.01 Å². The van der Waals surface area contributed by atoms with E-state index in [0.717, 1.165) is 27.3 Å². The van der Waals surface area contributed by atoms with Gasteiger partial charge in [0.25, 0.3) is 0 Å². The van der Waals surface area contributed by atoms with Gasteiger partial charge in [0.2, 0.25) is 0 Å². The predicted octanol–water partition coefficient (Wildman–Crippen LogP) is 5.42. The molecule has 0 aliphatic carbocycles. The highest BCUT2D eigenvalue weighted by Gasteiger charge is 2.06. The van der Waals surface area contributed by atoms with Crippen LogP contribution in [0, 0.1) is 6.92 Å². The first-order valence-corrected chi connectivity index (χ1v) is 8.51. The monoisotopic (exact) mass is 329 g/mol. The van der Waals surface area contributed by atoms with Crippen LogP contribution >= 0.6 is 11.3 Å². The fourth-order valence-electron chi connectivity index (χ4n) is 2.45. The van der Waals surface area contributed by atoms with Gasteiger partial charge in [0.05, 0.1) is 15.9 Å². The van der Waals surface area contributed by atoms with Crippen LogP contribution in [0.4, 0.5) is 5.69 Å². The molecule has 0 aliphatic heterocycles. The van der Waals surface area contributed by atoms with Crippen molar-refractivity contribution in [2.24, 2.45) is 4.99 Å². The number of aromatic nitrogens is 2. The van der Waals surface area contributed by atoms with E-state index in [1.807, 2.05) is 30.5 Å². The van der Waals surface area contributed by atoms with Crippen LogP contribution in [-0.4, -0.2) is 16.2 Å². The number of hydrogen-bond acceptors (Lipinski definition) is 4. The molecular weight excluding hydrogens is 314 g/mol. The molecule has 0 saturated heterocycles. The van der Waals surface area contributed by atoms with Crippen molar-refractivity contribution in [1.29, 1.82) is 0 Å². The average molecular weight is 329 g/mol. The van der Waals surface area contributed by atoms with Crippen molar-refractivity contribution in [1.82, 2.24) is 9.97 Å². The first-order chi connectivity index (χ1) is 11.8. The van der Waals surface area contributed by atoms with Crippen molar-refractivity contribution >= 4 is 33.5 Å². The molecule has 0 N–H and O–H groups in total. The topological polar surface area (TPSA) is 38.1 Å². The number of aliphatic imine (C=N–C) groups is 1. The molecule has 0 radical (unpaired) electrons. The summed E-state index contributed by atoms with van der Waals surface area (Å²) in [7, 11) is 0. The molecule has 0 spiro atoms. The Labute approximate surface area is 144 Å². The SMILES string of the molecule is Cc1ccc2nc(-c3ccc(N=Cc4cccnc4)cc3)sc2c1. The number of fused-ring (bicyclic) bond motifs is 1. The van der Waals surface area contributed by atoms with Crippen LogP contribution in [0.15, 0.2) is 72.0 Å². The number of aryl methyl sites for hydroxylation is 1. The maximum absolute atomic E-state index is 4.72. The molecule has 3 nitrogen and oxygen atoms in total. The van der Waals surface area contributed by atoms with E-state index in [9.17, 15) is 0 Å². The lowest BCUT2D eigenvalue weighted by Gasteiger charge is -1.97. The zero-order valence-electron chi connectivity index (χ0n) is 13.2.